The maximum atomic E-state index is 11.2. The minimum Gasteiger partial charge on any atom is -0.396 e. The van der Waals surface area contributed by atoms with Gasteiger partial charge in [-0.15, -0.1) is 0 Å². The topological polar surface area (TPSA) is 75.1 Å². The Labute approximate surface area is 96.4 Å². The van der Waals surface area contributed by atoms with E-state index in [-0.39, 0.29) is 35.2 Å². The Balaban J connectivity index is 2.60. The van der Waals surface area contributed by atoms with Crippen molar-refractivity contribution >= 4 is 34.9 Å². The van der Waals surface area contributed by atoms with Gasteiger partial charge in [-0.3, -0.25) is 4.79 Å². The highest BCUT2D eigenvalue weighted by Crippen LogP contribution is 2.14. The van der Waals surface area contributed by atoms with E-state index in [0.29, 0.717) is 6.42 Å². The number of carbonyl (C=O) groups excluding carboxylic acids is 1. The molecule has 1 aromatic rings. The Morgan fingerprint density at radius 2 is 2.20 bits per heavy atom. The van der Waals surface area contributed by atoms with Gasteiger partial charge in [-0.05, 0) is 18.0 Å². The van der Waals surface area contributed by atoms with Gasteiger partial charge in [0.15, 0.2) is 0 Å². The molecule has 1 aromatic heterocycles. The molecule has 0 aliphatic carbocycles. The number of aliphatic hydroxyl groups is 1. The average Bonchev–Trinajstić information content (AvgIpc) is 2.13. The van der Waals surface area contributed by atoms with Gasteiger partial charge in [-0.1, -0.05) is 11.6 Å². The lowest BCUT2D eigenvalue weighted by Crippen LogP contribution is -2.13. The molecule has 15 heavy (non-hydrogen) atoms. The molecule has 0 fully saturated rings. The van der Waals surface area contributed by atoms with Crippen LogP contribution in [0.3, 0.4) is 0 Å². The summed E-state index contributed by atoms with van der Waals surface area (Å²) in [5, 5.41) is 11.1. The Morgan fingerprint density at radius 1 is 1.47 bits per heavy atom. The summed E-state index contributed by atoms with van der Waals surface area (Å²) in [4.78, 5) is 18.6. The molecule has 0 unspecified atom stereocenters. The summed E-state index contributed by atoms with van der Waals surface area (Å²) < 4.78 is 0. The van der Waals surface area contributed by atoms with E-state index in [1.54, 1.807) is 0 Å². The highest BCUT2D eigenvalue weighted by atomic mass is 35.5. The molecule has 1 amide bonds. The minimum absolute atomic E-state index is 0.0278. The second-order valence-corrected chi connectivity index (χ2v) is 3.45. The highest BCUT2D eigenvalue weighted by molar-refractivity contribution is 6.32. The Bertz CT molecular complexity index is 339. The number of nitrogens with one attached hydrogen (secondary N) is 1. The fourth-order valence-electron chi connectivity index (χ4n) is 0.899. The molecule has 0 radical (unpaired) electrons. The number of anilines is 1. The maximum Gasteiger partial charge on any atom is 0.225 e. The van der Waals surface area contributed by atoms with Crippen molar-refractivity contribution < 1.29 is 9.90 Å². The molecule has 0 spiro atoms. The number of aromatic nitrogens is 2. The van der Waals surface area contributed by atoms with E-state index in [2.05, 4.69) is 15.3 Å². The molecule has 0 aromatic carbocycles. The predicted molar refractivity (Wildman–Crippen MR) is 57.0 cm³/mol. The van der Waals surface area contributed by atoms with Crippen LogP contribution in [-0.4, -0.2) is 27.6 Å². The summed E-state index contributed by atoms with van der Waals surface area (Å²) in [6.45, 7) is -0.0291. The number of carbonyl (C=O) groups is 1. The van der Waals surface area contributed by atoms with Gasteiger partial charge in [-0.2, -0.15) is 0 Å². The summed E-state index contributed by atoms with van der Waals surface area (Å²) in [5.74, 6) is -0.00202. The van der Waals surface area contributed by atoms with Crippen LogP contribution in [0.4, 0.5) is 5.82 Å². The van der Waals surface area contributed by atoms with E-state index in [4.69, 9.17) is 28.3 Å². The fraction of sp³-hybridized carbons (Fsp3) is 0.375. The lowest BCUT2D eigenvalue weighted by Gasteiger charge is -2.03. The molecule has 1 rings (SSSR count). The van der Waals surface area contributed by atoms with Crippen LogP contribution >= 0.6 is 23.2 Å². The molecule has 5 nitrogen and oxygen atoms in total. The van der Waals surface area contributed by atoms with Crippen molar-refractivity contribution in [2.45, 2.75) is 12.8 Å². The number of amides is 1. The Morgan fingerprint density at radius 3 is 2.80 bits per heavy atom. The first-order valence-electron chi connectivity index (χ1n) is 4.22. The Hall–Kier alpha value is -0.910. The van der Waals surface area contributed by atoms with Crippen molar-refractivity contribution in [3.63, 3.8) is 0 Å². The van der Waals surface area contributed by atoms with Gasteiger partial charge in [0.2, 0.25) is 11.2 Å². The van der Waals surface area contributed by atoms with Crippen molar-refractivity contribution in [3.8, 4) is 0 Å². The molecule has 2 N–H and O–H groups in total. The van der Waals surface area contributed by atoms with Crippen LogP contribution in [0.25, 0.3) is 0 Å². The lowest BCUT2D eigenvalue weighted by atomic mass is 10.3. The van der Waals surface area contributed by atoms with Gasteiger partial charge >= 0.3 is 0 Å². The molecule has 0 aliphatic rings. The van der Waals surface area contributed by atoms with Gasteiger partial charge in [-0.25, -0.2) is 9.97 Å². The van der Waals surface area contributed by atoms with E-state index in [1.807, 2.05) is 0 Å². The number of halogens is 2. The maximum absolute atomic E-state index is 11.2. The van der Waals surface area contributed by atoms with Crippen LogP contribution < -0.4 is 5.32 Å². The zero-order chi connectivity index (χ0) is 11.3. The molecule has 7 heteroatoms. The summed E-state index contributed by atoms with van der Waals surface area (Å²) in [5.41, 5.74) is 0. The van der Waals surface area contributed by atoms with Crippen molar-refractivity contribution in [2.24, 2.45) is 0 Å². The van der Waals surface area contributed by atoms with Gasteiger partial charge in [0.1, 0.15) is 11.0 Å². The standard InChI is InChI=1S/C8H9Cl2N3O2/c9-5-4-6(13-8(10)11-5)12-7(15)2-1-3-14/h4,14H,1-3H2,(H,11,12,13,15). The highest BCUT2D eigenvalue weighted by Gasteiger charge is 2.05. The largest absolute Gasteiger partial charge is 0.396 e. The fourth-order valence-corrected chi connectivity index (χ4v) is 1.31. The number of rotatable bonds is 4. The first-order chi connectivity index (χ1) is 7.11. The van der Waals surface area contributed by atoms with E-state index in [0.717, 1.165) is 0 Å². The molecular formula is C8H9Cl2N3O2. The third kappa shape index (κ3) is 4.42. The zero-order valence-corrected chi connectivity index (χ0v) is 9.22. The molecule has 1 heterocycles. The predicted octanol–water partition coefficient (Wildman–Crippen LogP) is 1.49. The van der Waals surface area contributed by atoms with Gasteiger partial charge in [0, 0.05) is 19.1 Å². The van der Waals surface area contributed by atoms with Crippen LogP contribution in [-0.2, 0) is 4.79 Å². The minimum atomic E-state index is -0.255. The van der Waals surface area contributed by atoms with Crippen LogP contribution in [0.15, 0.2) is 6.07 Å². The quantitative estimate of drug-likeness (QED) is 0.627. The normalized spacial score (nSPS) is 10.1. The third-order valence-corrected chi connectivity index (χ3v) is 1.86. The van der Waals surface area contributed by atoms with Crippen LogP contribution in [0.2, 0.25) is 10.4 Å². The summed E-state index contributed by atoms with van der Waals surface area (Å²) in [7, 11) is 0. The molecule has 0 saturated heterocycles. The summed E-state index contributed by atoms with van der Waals surface area (Å²) >= 11 is 11.2. The first-order valence-corrected chi connectivity index (χ1v) is 4.98. The molecule has 82 valence electrons. The van der Waals surface area contributed by atoms with Gasteiger partial charge in [0.25, 0.3) is 0 Å². The summed E-state index contributed by atoms with van der Waals surface area (Å²) in [6, 6.07) is 1.39. The van der Waals surface area contributed by atoms with Crippen LogP contribution in [0, 0.1) is 0 Å². The third-order valence-electron chi connectivity index (χ3n) is 1.50. The Kier molecular flexibility index (Phi) is 4.74. The first kappa shape index (κ1) is 12.2. The SMILES string of the molecule is O=C(CCCO)Nc1cc(Cl)nc(Cl)n1. The molecule has 0 saturated carbocycles. The average molecular weight is 250 g/mol. The number of hydrogen-bond acceptors (Lipinski definition) is 4. The summed E-state index contributed by atoms with van der Waals surface area (Å²) in [6.07, 6.45) is 0.619. The lowest BCUT2D eigenvalue weighted by molar-refractivity contribution is -0.116. The van der Waals surface area contributed by atoms with E-state index in [1.165, 1.54) is 6.07 Å². The molecular weight excluding hydrogens is 241 g/mol. The van der Waals surface area contributed by atoms with Crippen molar-refractivity contribution in [2.75, 3.05) is 11.9 Å². The van der Waals surface area contributed by atoms with Crippen LogP contribution in [0.5, 0.6) is 0 Å². The van der Waals surface area contributed by atoms with Gasteiger partial charge in [0.05, 0.1) is 0 Å². The second kappa shape index (κ2) is 5.85. The van der Waals surface area contributed by atoms with E-state index >= 15 is 0 Å². The van der Waals surface area contributed by atoms with E-state index < -0.39 is 0 Å². The smallest absolute Gasteiger partial charge is 0.225 e. The van der Waals surface area contributed by atoms with Gasteiger partial charge < -0.3 is 10.4 Å². The van der Waals surface area contributed by atoms with Crippen molar-refractivity contribution in [1.29, 1.82) is 0 Å². The zero-order valence-electron chi connectivity index (χ0n) is 7.70. The number of aliphatic hydroxyl groups excluding tert-OH is 1. The number of nitrogens with zero attached hydrogens (tertiary/aromatic N) is 2. The van der Waals surface area contributed by atoms with Crippen LogP contribution in [0.1, 0.15) is 12.8 Å². The van der Waals surface area contributed by atoms with E-state index in [9.17, 15) is 4.79 Å². The number of hydrogen-bond donors (Lipinski definition) is 2. The molecule has 0 bridgehead atoms. The molecule has 0 atom stereocenters. The molecule has 0 aliphatic heterocycles. The monoisotopic (exact) mass is 249 g/mol. The second-order valence-electron chi connectivity index (χ2n) is 2.72. The van der Waals surface area contributed by atoms with Crippen molar-refractivity contribution in [1.82, 2.24) is 9.97 Å². The van der Waals surface area contributed by atoms with Crippen molar-refractivity contribution in [3.05, 3.63) is 16.5 Å².